The Morgan fingerprint density at radius 3 is 2.52 bits per heavy atom. The summed E-state index contributed by atoms with van der Waals surface area (Å²) in [6.45, 7) is 3.81. The molecule has 2 heterocycles. The van der Waals surface area contributed by atoms with Crippen LogP contribution in [0.15, 0.2) is 53.7 Å². The standard InChI is InChI=1S/C21H21ClIN5O2S/c22-15-1-7-18(8-2-15)28-19(13-27-9-11-30-12-10-27)25-26-21(28)31-14-20(29)24-17-5-3-16(23)4-6-17/h1-8H,9-14H2,(H,24,29). The van der Waals surface area contributed by atoms with Gasteiger partial charge in [0, 0.05) is 33.1 Å². The third-order valence-electron chi connectivity index (χ3n) is 4.71. The van der Waals surface area contributed by atoms with Crippen molar-refractivity contribution >= 4 is 57.5 Å². The largest absolute Gasteiger partial charge is 0.379 e. The van der Waals surface area contributed by atoms with E-state index in [0.29, 0.717) is 16.7 Å². The molecule has 162 valence electrons. The molecule has 1 amide bonds. The van der Waals surface area contributed by atoms with Crippen molar-refractivity contribution in [1.29, 1.82) is 0 Å². The van der Waals surface area contributed by atoms with Gasteiger partial charge in [0.2, 0.25) is 5.91 Å². The molecule has 0 aliphatic carbocycles. The van der Waals surface area contributed by atoms with Gasteiger partial charge in [-0.2, -0.15) is 0 Å². The van der Waals surface area contributed by atoms with Crippen LogP contribution in [-0.2, 0) is 16.1 Å². The maximum absolute atomic E-state index is 12.5. The van der Waals surface area contributed by atoms with Crippen LogP contribution in [-0.4, -0.2) is 57.6 Å². The summed E-state index contributed by atoms with van der Waals surface area (Å²) in [5, 5.41) is 13.1. The number of hydrogen-bond acceptors (Lipinski definition) is 6. The van der Waals surface area contributed by atoms with Crippen LogP contribution in [0.1, 0.15) is 5.82 Å². The lowest BCUT2D eigenvalue weighted by Gasteiger charge is -2.26. The lowest BCUT2D eigenvalue weighted by molar-refractivity contribution is -0.113. The van der Waals surface area contributed by atoms with E-state index in [-0.39, 0.29) is 11.7 Å². The Labute approximate surface area is 203 Å². The summed E-state index contributed by atoms with van der Waals surface area (Å²) in [5.41, 5.74) is 1.69. The first-order valence-corrected chi connectivity index (χ1v) is 12.2. The molecule has 4 rings (SSSR count). The van der Waals surface area contributed by atoms with Crippen LogP contribution >= 0.6 is 46.0 Å². The molecule has 1 aromatic heterocycles. The summed E-state index contributed by atoms with van der Waals surface area (Å²) in [6.07, 6.45) is 0. The highest BCUT2D eigenvalue weighted by molar-refractivity contribution is 14.1. The molecule has 0 spiro atoms. The predicted octanol–water partition coefficient (Wildman–Crippen LogP) is 4.09. The number of carbonyl (C=O) groups is 1. The van der Waals surface area contributed by atoms with Crippen molar-refractivity contribution in [2.45, 2.75) is 11.7 Å². The first-order valence-electron chi connectivity index (χ1n) is 9.77. The van der Waals surface area contributed by atoms with Crippen molar-refractivity contribution in [3.8, 4) is 5.69 Å². The topological polar surface area (TPSA) is 72.3 Å². The summed E-state index contributed by atoms with van der Waals surface area (Å²) in [5.74, 6) is 0.964. The molecule has 0 bridgehead atoms. The van der Waals surface area contributed by atoms with Crippen molar-refractivity contribution in [3.63, 3.8) is 0 Å². The first-order chi connectivity index (χ1) is 15.1. The van der Waals surface area contributed by atoms with Crippen molar-refractivity contribution in [2.24, 2.45) is 0 Å². The fraction of sp³-hybridized carbons (Fsp3) is 0.286. The van der Waals surface area contributed by atoms with Gasteiger partial charge in [-0.25, -0.2) is 0 Å². The highest BCUT2D eigenvalue weighted by Crippen LogP contribution is 2.24. The molecule has 1 aliphatic rings. The van der Waals surface area contributed by atoms with Gasteiger partial charge in [0.1, 0.15) is 0 Å². The zero-order chi connectivity index (χ0) is 21.6. The number of rotatable bonds is 7. The lowest BCUT2D eigenvalue weighted by atomic mass is 10.3. The summed E-state index contributed by atoms with van der Waals surface area (Å²) in [6, 6.07) is 15.2. The number of nitrogens with one attached hydrogen (secondary N) is 1. The Bertz CT molecular complexity index is 1020. The Morgan fingerprint density at radius 2 is 1.81 bits per heavy atom. The minimum absolute atomic E-state index is 0.0911. The first kappa shape index (κ1) is 22.5. The zero-order valence-corrected chi connectivity index (χ0v) is 20.4. The van der Waals surface area contributed by atoms with Gasteiger partial charge in [-0.1, -0.05) is 23.4 Å². The van der Waals surface area contributed by atoms with Crippen LogP contribution in [0.5, 0.6) is 0 Å². The molecule has 0 radical (unpaired) electrons. The molecule has 1 fully saturated rings. The van der Waals surface area contributed by atoms with Crippen LogP contribution in [0.4, 0.5) is 5.69 Å². The van der Waals surface area contributed by atoms with Gasteiger partial charge in [-0.3, -0.25) is 14.3 Å². The number of morpholine rings is 1. The fourth-order valence-corrected chi connectivity index (χ4v) is 4.42. The molecule has 1 saturated heterocycles. The predicted molar refractivity (Wildman–Crippen MR) is 131 cm³/mol. The Kier molecular flexibility index (Phi) is 7.83. The molecule has 2 aromatic carbocycles. The molecule has 0 atom stereocenters. The van der Waals surface area contributed by atoms with E-state index >= 15 is 0 Å². The molecule has 31 heavy (non-hydrogen) atoms. The van der Waals surface area contributed by atoms with E-state index in [9.17, 15) is 4.79 Å². The zero-order valence-electron chi connectivity index (χ0n) is 16.6. The third kappa shape index (κ3) is 6.19. The van der Waals surface area contributed by atoms with E-state index in [1.54, 1.807) is 0 Å². The summed E-state index contributed by atoms with van der Waals surface area (Å²) in [7, 11) is 0. The van der Waals surface area contributed by atoms with Crippen molar-refractivity contribution in [3.05, 3.63) is 62.9 Å². The SMILES string of the molecule is O=C(CSc1nnc(CN2CCOCC2)n1-c1ccc(Cl)cc1)Nc1ccc(I)cc1. The van der Waals surface area contributed by atoms with E-state index in [2.05, 4.69) is 43.0 Å². The van der Waals surface area contributed by atoms with E-state index in [4.69, 9.17) is 16.3 Å². The maximum Gasteiger partial charge on any atom is 0.234 e. The highest BCUT2D eigenvalue weighted by Gasteiger charge is 2.19. The molecule has 1 aliphatic heterocycles. The quantitative estimate of drug-likeness (QED) is 0.342. The molecular formula is C21H21ClIN5O2S. The molecule has 1 N–H and O–H groups in total. The van der Waals surface area contributed by atoms with E-state index < -0.39 is 0 Å². The van der Waals surface area contributed by atoms with Gasteiger partial charge in [0.25, 0.3) is 0 Å². The van der Waals surface area contributed by atoms with Crippen LogP contribution in [0.25, 0.3) is 5.69 Å². The van der Waals surface area contributed by atoms with Crippen LogP contribution in [0, 0.1) is 3.57 Å². The van der Waals surface area contributed by atoms with Crippen molar-refractivity contribution in [1.82, 2.24) is 19.7 Å². The number of carbonyl (C=O) groups excluding carboxylic acids is 1. The normalized spacial score (nSPS) is 14.5. The average Bonchev–Trinajstić information content (AvgIpc) is 3.17. The maximum atomic E-state index is 12.5. The Morgan fingerprint density at radius 1 is 1.10 bits per heavy atom. The molecule has 3 aromatic rings. The van der Waals surface area contributed by atoms with Gasteiger partial charge >= 0.3 is 0 Å². The third-order valence-corrected chi connectivity index (χ3v) is 6.61. The smallest absolute Gasteiger partial charge is 0.234 e. The minimum Gasteiger partial charge on any atom is -0.379 e. The van der Waals surface area contributed by atoms with Gasteiger partial charge in [0.15, 0.2) is 11.0 Å². The number of ether oxygens (including phenoxy) is 1. The molecule has 7 nitrogen and oxygen atoms in total. The van der Waals surface area contributed by atoms with E-state index in [1.165, 1.54) is 11.8 Å². The minimum atomic E-state index is -0.0911. The Hall–Kier alpha value is -1.66. The van der Waals surface area contributed by atoms with Gasteiger partial charge in [-0.05, 0) is 71.1 Å². The second-order valence-corrected chi connectivity index (χ2v) is 9.57. The average molecular weight is 570 g/mol. The summed E-state index contributed by atoms with van der Waals surface area (Å²) in [4.78, 5) is 14.7. The molecule has 0 saturated carbocycles. The number of amides is 1. The van der Waals surface area contributed by atoms with Crippen LogP contribution in [0.2, 0.25) is 5.02 Å². The highest BCUT2D eigenvalue weighted by atomic mass is 127. The van der Waals surface area contributed by atoms with E-state index in [1.807, 2.05) is 53.1 Å². The Balaban J connectivity index is 1.49. The van der Waals surface area contributed by atoms with Gasteiger partial charge in [0.05, 0.1) is 25.5 Å². The second-order valence-electron chi connectivity index (χ2n) is 6.94. The molecular weight excluding hydrogens is 549 g/mol. The van der Waals surface area contributed by atoms with Gasteiger partial charge < -0.3 is 10.1 Å². The van der Waals surface area contributed by atoms with Crippen molar-refractivity contribution in [2.75, 3.05) is 37.4 Å². The van der Waals surface area contributed by atoms with E-state index in [0.717, 1.165) is 47.1 Å². The fourth-order valence-electron chi connectivity index (χ4n) is 3.17. The lowest BCUT2D eigenvalue weighted by Crippen LogP contribution is -2.36. The molecule has 10 heteroatoms. The van der Waals surface area contributed by atoms with Crippen molar-refractivity contribution < 1.29 is 9.53 Å². The summed E-state index contributed by atoms with van der Waals surface area (Å²) >= 11 is 9.67. The number of halogens is 2. The van der Waals surface area contributed by atoms with Crippen LogP contribution < -0.4 is 5.32 Å². The number of anilines is 1. The second kappa shape index (κ2) is 10.8. The number of hydrogen-bond donors (Lipinski definition) is 1. The number of thioether (sulfide) groups is 1. The number of benzene rings is 2. The number of aromatic nitrogens is 3. The van der Waals surface area contributed by atoms with Crippen LogP contribution in [0.3, 0.4) is 0 Å². The van der Waals surface area contributed by atoms with Gasteiger partial charge in [-0.15, -0.1) is 10.2 Å². The summed E-state index contributed by atoms with van der Waals surface area (Å²) < 4.78 is 8.56. The monoisotopic (exact) mass is 569 g/mol. The number of nitrogens with zero attached hydrogens (tertiary/aromatic N) is 4. The molecule has 0 unspecified atom stereocenters.